The molecule has 0 radical (unpaired) electrons. The van der Waals surface area contributed by atoms with Crippen LogP contribution in [0.4, 0.5) is 5.82 Å². The fourth-order valence-corrected chi connectivity index (χ4v) is 3.53. The number of aryl methyl sites for hydroxylation is 1. The Morgan fingerprint density at radius 3 is 3.08 bits per heavy atom. The standard InChI is InChI=1S/C19H30N4O3/c1-3-4-6-16(13-23(26)14-24)12-22-10-5-7-17(22)19(25)21-18-11-15(2)8-9-20-18/h8-9,11,14,16-17,26H,3-7,10,12-13H2,1-2H3,(H,20,21,25)/t16-,17-/m0/s1. The molecule has 1 aliphatic rings. The van der Waals surface area contributed by atoms with Crippen LogP contribution in [0.15, 0.2) is 18.3 Å². The second kappa shape index (κ2) is 10.2. The molecule has 144 valence electrons. The molecule has 0 spiro atoms. The maximum absolute atomic E-state index is 12.7. The molecule has 1 aliphatic heterocycles. The van der Waals surface area contributed by atoms with Gasteiger partial charge in [-0.15, -0.1) is 0 Å². The highest BCUT2D eigenvalue weighted by molar-refractivity contribution is 5.94. The normalized spacial score (nSPS) is 18.5. The van der Waals surface area contributed by atoms with Crippen molar-refractivity contribution in [1.29, 1.82) is 0 Å². The second-order valence-corrected chi connectivity index (χ2v) is 7.10. The number of aromatic nitrogens is 1. The molecule has 7 nitrogen and oxygen atoms in total. The van der Waals surface area contributed by atoms with E-state index in [1.54, 1.807) is 6.20 Å². The molecule has 0 aliphatic carbocycles. The molecule has 2 N–H and O–H groups in total. The van der Waals surface area contributed by atoms with Gasteiger partial charge in [-0.2, -0.15) is 0 Å². The minimum atomic E-state index is -0.190. The molecule has 1 saturated heterocycles. The van der Waals surface area contributed by atoms with Crippen LogP contribution >= 0.6 is 0 Å². The van der Waals surface area contributed by atoms with Crippen molar-refractivity contribution < 1.29 is 14.8 Å². The summed E-state index contributed by atoms with van der Waals surface area (Å²) < 4.78 is 0. The lowest BCUT2D eigenvalue weighted by Gasteiger charge is -2.29. The van der Waals surface area contributed by atoms with Crippen molar-refractivity contribution in [3.63, 3.8) is 0 Å². The Balaban J connectivity index is 1.97. The van der Waals surface area contributed by atoms with E-state index in [1.165, 1.54) is 0 Å². The smallest absolute Gasteiger partial charge is 0.242 e. The SMILES string of the molecule is CCCC[C@H](CN(O)C=O)CN1CCC[C@H]1C(=O)Nc1cc(C)ccn1. The van der Waals surface area contributed by atoms with Crippen molar-refractivity contribution in [2.45, 2.75) is 52.0 Å². The molecular weight excluding hydrogens is 332 g/mol. The van der Waals surface area contributed by atoms with Gasteiger partial charge in [0.05, 0.1) is 12.6 Å². The van der Waals surface area contributed by atoms with Crippen molar-refractivity contribution in [1.82, 2.24) is 14.9 Å². The number of hydrogen-bond acceptors (Lipinski definition) is 5. The van der Waals surface area contributed by atoms with Crippen LogP contribution in [0.25, 0.3) is 0 Å². The third-order valence-corrected chi connectivity index (χ3v) is 4.86. The summed E-state index contributed by atoms with van der Waals surface area (Å²) in [7, 11) is 0. The first-order valence-electron chi connectivity index (χ1n) is 9.41. The molecule has 1 fully saturated rings. The molecule has 0 saturated carbocycles. The molecule has 0 unspecified atom stereocenters. The van der Waals surface area contributed by atoms with Gasteiger partial charge in [0.1, 0.15) is 5.82 Å². The predicted octanol–water partition coefficient (Wildman–Crippen LogP) is 2.45. The van der Waals surface area contributed by atoms with Crippen molar-refractivity contribution >= 4 is 18.1 Å². The van der Waals surface area contributed by atoms with Crippen LogP contribution < -0.4 is 5.32 Å². The summed E-state index contributed by atoms with van der Waals surface area (Å²) in [5.74, 6) is 0.689. The van der Waals surface area contributed by atoms with E-state index in [-0.39, 0.29) is 17.9 Å². The number of pyridine rings is 1. The topological polar surface area (TPSA) is 85.8 Å². The zero-order valence-electron chi connectivity index (χ0n) is 15.7. The van der Waals surface area contributed by atoms with Crippen LogP contribution in [0.1, 0.15) is 44.6 Å². The number of carbonyl (C=O) groups excluding carboxylic acids is 2. The van der Waals surface area contributed by atoms with Gasteiger partial charge in [0.2, 0.25) is 12.3 Å². The van der Waals surface area contributed by atoms with Crippen molar-refractivity contribution in [2.75, 3.05) is 25.0 Å². The second-order valence-electron chi connectivity index (χ2n) is 7.10. The predicted molar refractivity (Wildman–Crippen MR) is 99.8 cm³/mol. The van der Waals surface area contributed by atoms with E-state index in [4.69, 9.17) is 0 Å². The lowest BCUT2D eigenvalue weighted by Crippen LogP contribution is -2.43. The molecule has 1 aromatic heterocycles. The number of likely N-dealkylation sites (tertiary alicyclic amines) is 1. The number of nitrogens with one attached hydrogen (secondary N) is 1. The highest BCUT2D eigenvalue weighted by Gasteiger charge is 2.32. The summed E-state index contributed by atoms with van der Waals surface area (Å²) in [4.78, 5) is 29.8. The van der Waals surface area contributed by atoms with Crippen LogP contribution in [0.2, 0.25) is 0 Å². The van der Waals surface area contributed by atoms with Gasteiger partial charge in [0, 0.05) is 12.7 Å². The number of unbranched alkanes of at least 4 members (excludes halogenated alkanes) is 1. The van der Waals surface area contributed by atoms with E-state index in [1.807, 2.05) is 19.1 Å². The highest BCUT2D eigenvalue weighted by atomic mass is 16.5. The molecule has 0 bridgehead atoms. The number of hydrogen-bond donors (Lipinski definition) is 2. The Kier molecular flexibility index (Phi) is 8.00. The Bertz CT molecular complexity index is 596. The van der Waals surface area contributed by atoms with Crippen molar-refractivity contribution in [3.05, 3.63) is 23.9 Å². The summed E-state index contributed by atoms with van der Waals surface area (Å²) in [6, 6.07) is 3.56. The molecular formula is C19H30N4O3. The van der Waals surface area contributed by atoms with Crippen LogP contribution in [0.3, 0.4) is 0 Å². The van der Waals surface area contributed by atoms with Gasteiger partial charge in [-0.05, 0) is 56.3 Å². The van der Waals surface area contributed by atoms with Gasteiger partial charge < -0.3 is 5.32 Å². The monoisotopic (exact) mass is 362 g/mol. The van der Waals surface area contributed by atoms with E-state index in [2.05, 4.69) is 22.1 Å². The number of anilines is 1. The third kappa shape index (κ3) is 6.07. The van der Waals surface area contributed by atoms with E-state index in [0.717, 1.165) is 44.2 Å². The fraction of sp³-hybridized carbons (Fsp3) is 0.632. The minimum Gasteiger partial charge on any atom is -0.309 e. The first-order chi connectivity index (χ1) is 12.5. The molecule has 2 atom stereocenters. The van der Waals surface area contributed by atoms with Gasteiger partial charge in [0.15, 0.2) is 0 Å². The van der Waals surface area contributed by atoms with E-state index in [9.17, 15) is 14.8 Å². The number of carbonyl (C=O) groups is 2. The fourth-order valence-electron chi connectivity index (χ4n) is 3.53. The van der Waals surface area contributed by atoms with E-state index >= 15 is 0 Å². The lowest BCUT2D eigenvalue weighted by atomic mass is 10.0. The van der Waals surface area contributed by atoms with Gasteiger partial charge in [-0.25, -0.2) is 10.0 Å². The lowest BCUT2D eigenvalue weighted by molar-refractivity contribution is -0.153. The maximum atomic E-state index is 12.7. The summed E-state index contributed by atoms with van der Waals surface area (Å²) in [5.41, 5.74) is 1.05. The van der Waals surface area contributed by atoms with Crippen molar-refractivity contribution in [2.24, 2.45) is 5.92 Å². The number of rotatable bonds is 10. The van der Waals surface area contributed by atoms with Gasteiger partial charge in [-0.3, -0.25) is 19.7 Å². The Labute approximate surface area is 155 Å². The van der Waals surface area contributed by atoms with Crippen LogP contribution in [0.5, 0.6) is 0 Å². The van der Waals surface area contributed by atoms with E-state index < -0.39 is 0 Å². The molecule has 1 aromatic rings. The summed E-state index contributed by atoms with van der Waals surface area (Å²) in [5, 5.41) is 13.2. The number of amides is 2. The van der Waals surface area contributed by atoms with E-state index in [0.29, 0.717) is 30.4 Å². The van der Waals surface area contributed by atoms with Crippen LogP contribution in [-0.2, 0) is 9.59 Å². The maximum Gasteiger partial charge on any atom is 0.242 e. The van der Waals surface area contributed by atoms with Gasteiger partial charge >= 0.3 is 0 Å². The largest absolute Gasteiger partial charge is 0.309 e. The molecule has 7 heteroatoms. The molecule has 0 aromatic carbocycles. The Hall–Kier alpha value is -1.99. The average molecular weight is 362 g/mol. The summed E-state index contributed by atoms with van der Waals surface area (Å²) in [6.07, 6.45) is 6.93. The average Bonchev–Trinajstić information content (AvgIpc) is 3.07. The zero-order valence-corrected chi connectivity index (χ0v) is 15.7. The minimum absolute atomic E-state index is 0.0360. The van der Waals surface area contributed by atoms with Gasteiger partial charge in [0.25, 0.3) is 0 Å². The number of hydroxylamine groups is 2. The van der Waals surface area contributed by atoms with Crippen LogP contribution in [0, 0.1) is 12.8 Å². The van der Waals surface area contributed by atoms with Gasteiger partial charge in [-0.1, -0.05) is 19.8 Å². The Morgan fingerprint density at radius 2 is 2.38 bits per heavy atom. The molecule has 2 heterocycles. The van der Waals surface area contributed by atoms with Crippen LogP contribution in [-0.4, -0.2) is 58.1 Å². The Morgan fingerprint density at radius 1 is 1.58 bits per heavy atom. The summed E-state index contributed by atoms with van der Waals surface area (Å²) >= 11 is 0. The number of nitrogens with zero attached hydrogens (tertiary/aromatic N) is 3. The first kappa shape index (κ1) is 20.3. The first-order valence-corrected chi connectivity index (χ1v) is 9.41. The van der Waals surface area contributed by atoms with Crippen molar-refractivity contribution in [3.8, 4) is 0 Å². The highest BCUT2D eigenvalue weighted by Crippen LogP contribution is 2.22. The third-order valence-electron chi connectivity index (χ3n) is 4.86. The molecule has 2 rings (SSSR count). The summed E-state index contributed by atoms with van der Waals surface area (Å²) in [6.45, 7) is 5.94. The molecule has 26 heavy (non-hydrogen) atoms. The molecule has 2 amide bonds. The quantitative estimate of drug-likeness (QED) is 0.379. The zero-order chi connectivity index (χ0) is 18.9.